The minimum Gasteiger partial charge on any atom is -0.310 e. The van der Waals surface area contributed by atoms with E-state index in [1.54, 1.807) is 16.0 Å². The summed E-state index contributed by atoms with van der Waals surface area (Å²) in [4.78, 5) is 17.1. The summed E-state index contributed by atoms with van der Waals surface area (Å²) >= 11 is 1.57. The van der Waals surface area contributed by atoms with Crippen molar-refractivity contribution < 1.29 is 4.79 Å². The molecule has 5 nitrogen and oxygen atoms in total. The quantitative estimate of drug-likeness (QED) is 0.574. The molecule has 6 heteroatoms. The number of hydrogen-bond acceptors (Lipinski definition) is 4. The van der Waals surface area contributed by atoms with Crippen molar-refractivity contribution in [2.45, 2.75) is 25.7 Å². The van der Waals surface area contributed by atoms with Crippen LogP contribution in [0.4, 0.5) is 5.82 Å². The summed E-state index contributed by atoms with van der Waals surface area (Å²) in [5.74, 6) is 0.757. The van der Waals surface area contributed by atoms with Crippen molar-refractivity contribution in [3.05, 3.63) is 71.4 Å². The lowest BCUT2D eigenvalue weighted by Crippen LogP contribution is -2.24. The lowest BCUT2D eigenvalue weighted by molar-refractivity contribution is -0.116. The number of nitrogens with zero attached hydrogens (tertiary/aromatic N) is 3. The zero-order chi connectivity index (χ0) is 18.4. The minimum atomic E-state index is 0.00919. The summed E-state index contributed by atoms with van der Waals surface area (Å²) in [6.07, 6.45) is 3.30. The van der Waals surface area contributed by atoms with E-state index >= 15 is 0 Å². The average molecular weight is 374 g/mol. The Hall–Kier alpha value is -2.99. The standard InChI is InChI=1S/C21H18N4OS/c1-2-13-7-9-14(10-8-13)15-11-19(26)24-20-16(15)12-22-25(20)21-23-17-5-3-4-6-18(17)27-21/h3-10,12,15H,2,11H2,1H3,(H,24,26)/t15-/m1/s1. The Bertz CT molecular complexity index is 1110. The van der Waals surface area contributed by atoms with Gasteiger partial charge in [0.15, 0.2) is 0 Å². The van der Waals surface area contributed by atoms with Crippen LogP contribution in [-0.4, -0.2) is 20.7 Å². The zero-order valence-corrected chi connectivity index (χ0v) is 15.7. The molecule has 27 heavy (non-hydrogen) atoms. The van der Waals surface area contributed by atoms with Crippen LogP contribution >= 0.6 is 11.3 Å². The summed E-state index contributed by atoms with van der Waals surface area (Å²) < 4.78 is 2.86. The van der Waals surface area contributed by atoms with Crippen molar-refractivity contribution >= 4 is 33.3 Å². The molecule has 2 aromatic heterocycles. The maximum absolute atomic E-state index is 12.4. The first kappa shape index (κ1) is 16.2. The largest absolute Gasteiger partial charge is 0.310 e. The van der Waals surface area contributed by atoms with Gasteiger partial charge in [-0.05, 0) is 29.7 Å². The lowest BCUT2D eigenvalue weighted by atomic mass is 9.87. The van der Waals surface area contributed by atoms with E-state index in [4.69, 9.17) is 0 Å². The number of rotatable bonds is 3. The van der Waals surface area contributed by atoms with Crippen molar-refractivity contribution in [1.82, 2.24) is 14.8 Å². The maximum atomic E-state index is 12.4. The predicted octanol–water partition coefficient (Wildman–Crippen LogP) is 4.52. The second-order valence-corrected chi connectivity index (χ2v) is 7.73. The average Bonchev–Trinajstić information content (AvgIpc) is 3.31. The normalized spacial score (nSPS) is 16.3. The van der Waals surface area contributed by atoms with Crippen molar-refractivity contribution in [2.75, 3.05) is 5.32 Å². The Labute approximate surface area is 160 Å². The molecule has 3 heterocycles. The minimum absolute atomic E-state index is 0.00919. The molecule has 0 unspecified atom stereocenters. The Morgan fingerprint density at radius 2 is 2.00 bits per heavy atom. The van der Waals surface area contributed by atoms with Gasteiger partial charge >= 0.3 is 0 Å². The molecule has 2 aromatic carbocycles. The van der Waals surface area contributed by atoms with E-state index in [9.17, 15) is 4.79 Å². The maximum Gasteiger partial charge on any atom is 0.226 e. The first-order valence-corrected chi connectivity index (χ1v) is 9.87. The molecule has 0 spiro atoms. The van der Waals surface area contributed by atoms with Gasteiger partial charge in [-0.1, -0.05) is 54.7 Å². The van der Waals surface area contributed by atoms with Gasteiger partial charge in [0.05, 0.1) is 16.4 Å². The summed E-state index contributed by atoms with van der Waals surface area (Å²) in [5.41, 5.74) is 4.42. The Morgan fingerprint density at radius 3 is 2.78 bits per heavy atom. The number of carbonyl (C=O) groups excluding carboxylic acids is 1. The highest BCUT2D eigenvalue weighted by Gasteiger charge is 2.31. The highest BCUT2D eigenvalue weighted by atomic mass is 32.1. The van der Waals surface area contributed by atoms with Crippen LogP contribution in [-0.2, 0) is 11.2 Å². The van der Waals surface area contributed by atoms with Gasteiger partial charge in [0, 0.05) is 17.9 Å². The molecular weight excluding hydrogens is 356 g/mol. The molecule has 0 fully saturated rings. The molecule has 0 radical (unpaired) electrons. The topological polar surface area (TPSA) is 59.8 Å². The zero-order valence-electron chi connectivity index (χ0n) is 14.8. The van der Waals surface area contributed by atoms with Gasteiger partial charge in [0.25, 0.3) is 0 Å². The Morgan fingerprint density at radius 1 is 1.19 bits per heavy atom. The van der Waals surface area contributed by atoms with Crippen LogP contribution in [0.5, 0.6) is 0 Å². The number of thiazole rings is 1. The van der Waals surface area contributed by atoms with E-state index in [1.165, 1.54) is 5.56 Å². The summed E-state index contributed by atoms with van der Waals surface area (Å²) in [6.45, 7) is 2.14. The van der Waals surface area contributed by atoms with Crippen LogP contribution in [0.15, 0.2) is 54.7 Å². The molecular formula is C21H18N4OS. The second kappa shape index (κ2) is 6.32. The van der Waals surface area contributed by atoms with Gasteiger partial charge in [-0.3, -0.25) is 4.79 Å². The highest BCUT2D eigenvalue weighted by Crippen LogP contribution is 2.39. The van der Waals surface area contributed by atoms with Crippen molar-refractivity contribution in [3.63, 3.8) is 0 Å². The van der Waals surface area contributed by atoms with Crippen LogP contribution < -0.4 is 5.32 Å². The number of fused-ring (bicyclic) bond motifs is 2. The van der Waals surface area contributed by atoms with E-state index in [1.807, 2.05) is 30.5 Å². The first-order chi connectivity index (χ1) is 13.2. The summed E-state index contributed by atoms with van der Waals surface area (Å²) in [7, 11) is 0. The molecule has 1 N–H and O–H groups in total. The van der Waals surface area contributed by atoms with Gasteiger partial charge in [0.1, 0.15) is 5.82 Å². The number of nitrogens with one attached hydrogen (secondary N) is 1. The molecule has 134 valence electrons. The third-order valence-corrected chi connectivity index (χ3v) is 6.09. The van der Waals surface area contributed by atoms with E-state index in [0.717, 1.165) is 38.7 Å². The number of benzene rings is 2. The molecule has 0 saturated heterocycles. The van der Waals surface area contributed by atoms with Crippen molar-refractivity contribution in [2.24, 2.45) is 0 Å². The Kier molecular flexibility index (Phi) is 3.79. The summed E-state index contributed by atoms with van der Waals surface area (Å²) in [5, 5.41) is 8.32. The number of amides is 1. The molecule has 0 bridgehead atoms. The lowest BCUT2D eigenvalue weighted by Gasteiger charge is -2.23. The molecule has 1 aliphatic heterocycles. The Balaban J connectivity index is 1.59. The van der Waals surface area contributed by atoms with Crippen LogP contribution in [0.2, 0.25) is 0 Å². The number of aromatic nitrogens is 3. The van der Waals surface area contributed by atoms with Gasteiger partial charge in [-0.2, -0.15) is 9.78 Å². The number of anilines is 1. The third-order valence-electron chi connectivity index (χ3n) is 5.07. The van der Waals surface area contributed by atoms with Gasteiger partial charge in [0.2, 0.25) is 11.0 Å². The predicted molar refractivity (Wildman–Crippen MR) is 108 cm³/mol. The van der Waals surface area contributed by atoms with Crippen LogP contribution in [0, 0.1) is 0 Å². The first-order valence-electron chi connectivity index (χ1n) is 9.05. The molecule has 1 amide bonds. The van der Waals surface area contributed by atoms with Crippen molar-refractivity contribution in [3.8, 4) is 5.13 Å². The van der Waals surface area contributed by atoms with Crippen LogP contribution in [0.25, 0.3) is 15.3 Å². The fraction of sp³-hybridized carbons (Fsp3) is 0.190. The van der Waals surface area contributed by atoms with E-state index in [-0.39, 0.29) is 11.8 Å². The molecule has 1 atom stereocenters. The highest BCUT2D eigenvalue weighted by molar-refractivity contribution is 7.20. The number of hydrogen-bond donors (Lipinski definition) is 1. The van der Waals surface area contributed by atoms with Gasteiger partial charge < -0.3 is 5.32 Å². The number of para-hydroxylation sites is 1. The van der Waals surface area contributed by atoms with Crippen molar-refractivity contribution in [1.29, 1.82) is 0 Å². The van der Waals surface area contributed by atoms with Gasteiger partial charge in [-0.15, -0.1) is 0 Å². The fourth-order valence-corrected chi connectivity index (χ4v) is 4.53. The fourth-order valence-electron chi connectivity index (χ4n) is 3.60. The number of aryl methyl sites for hydroxylation is 1. The van der Waals surface area contributed by atoms with Crippen LogP contribution in [0.3, 0.4) is 0 Å². The van der Waals surface area contributed by atoms with E-state index in [2.05, 4.69) is 46.6 Å². The second-order valence-electron chi connectivity index (χ2n) is 6.72. The van der Waals surface area contributed by atoms with E-state index in [0.29, 0.717) is 6.42 Å². The monoisotopic (exact) mass is 374 g/mol. The number of carbonyl (C=O) groups is 1. The molecule has 1 aliphatic rings. The smallest absolute Gasteiger partial charge is 0.226 e. The molecule has 0 saturated carbocycles. The molecule has 0 aliphatic carbocycles. The van der Waals surface area contributed by atoms with Gasteiger partial charge in [-0.25, -0.2) is 4.98 Å². The summed E-state index contributed by atoms with van der Waals surface area (Å²) in [6, 6.07) is 16.5. The SMILES string of the molecule is CCc1ccc([C@H]2CC(=O)Nc3c2cnn3-c2nc3ccccc3s2)cc1. The van der Waals surface area contributed by atoms with Crippen LogP contribution in [0.1, 0.15) is 36.0 Å². The molecule has 4 aromatic rings. The third kappa shape index (κ3) is 2.73. The van der Waals surface area contributed by atoms with E-state index < -0.39 is 0 Å². The molecule has 5 rings (SSSR count).